The van der Waals surface area contributed by atoms with E-state index in [1.54, 1.807) is 11.6 Å². The van der Waals surface area contributed by atoms with Crippen LogP contribution >= 0.6 is 0 Å². The second-order valence-corrected chi connectivity index (χ2v) is 5.63. The highest BCUT2D eigenvalue weighted by atomic mass is 32.2. The van der Waals surface area contributed by atoms with Gasteiger partial charge in [-0.05, 0) is 18.2 Å². The average Bonchev–Trinajstić information content (AvgIpc) is 2.76. The molecule has 1 aromatic carbocycles. The molecule has 0 aliphatic rings. The molecule has 2 rings (SSSR count). The Balaban J connectivity index is 2.18. The van der Waals surface area contributed by atoms with Crippen LogP contribution in [0.1, 0.15) is 5.82 Å². The molecule has 0 bridgehead atoms. The van der Waals surface area contributed by atoms with Crippen LogP contribution in [-0.2, 0) is 23.6 Å². The van der Waals surface area contributed by atoms with Gasteiger partial charge < -0.3 is 10.3 Å². The van der Waals surface area contributed by atoms with Gasteiger partial charge in [-0.2, -0.15) is 0 Å². The predicted octanol–water partition coefficient (Wildman–Crippen LogP) is 0.0149. The van der Waals surface area contributed by atoms with Gasteiger partial charge in [-0.25, -0.2) is 17.5 Å². The Hall–Kier alpha value is -2.00. The number of anilines is 1. The lowest BCUT2D eigenvalue weighted by molar-refractivity contribution is 0.576. The van der Waals surface area contributed by atoms with Crippen LogP contribution in [0, 0.1) is 5.82 Å². The van der Waals surface area contributed by atoms with Crippen LogP contribution in [0.2, 0.25) is 0 Å². The number of aryl methyl sites for hydroxylation is 1. The van der Waals surface area contributed by atoms with Crippen LogP contribution in [0.25, 0.3) is 0 Å². The van der Waals surface area contributed by atoms with Gasteiger partial charge in [0.25, 0.3) is 0 Å². The second kappa shape index (κ2) is 4.94. The van der Waals surface area contributed by atoms with Crippen molar-refractivity contribution in [3.05, 3.63) is 36.2 Å². The van der Waals surface area contributed by atoms with Crippen LogP contribution in [-0.4, -0.2) is 23.2 Å². The SMILES string of the molecule is Cn1cnnc1CNS(=O)(=O)c1ccc(F)c(N)c1. The Bertz CT molecular complexity index is 698. The van der Waals surface area contributed by atoms with Crippen LogP contribution in [0.3, 0.4) is 0 Å². The fraction of sp³-hybridized carbons (Fsp3) is 0.200. The second-order valence-electron chi connectivity index (χ2n) is 3.87. The summed E-state index contributed by atoms with van der Waals surface area (Å²) in [5, 5.41) is 7.37. The summed E-state index contributed by atoms with van der Waals surface area (Å²) in [6, 6.07) is 3.21. The Morgan fingerprint density at radius 2 is 2.21 bits per heavy atom. The summed E-state index contributed by atoms with van der Waals surface area (Å²) in [4.78, 5) is -0.103. The van der Waals surface area contributed by atoms with Crippen LogP contribution < -0.4 is 10.5 Å². The first-order valence-electron chi connectivity index (χ1n) is 5.28. The van der Waals surface area contributed by atoms with Gasteiger partial charge in [-0.15, -0.1) is 10.2 Å². The third kappa shape index (κ3) is 2.88. The summed E-state index contributed by atoms with van der Waals surface area (Å²) in [6.45, 7) is -0.0177. The minimum atomic E-state index is -3.77. The van der Waals surface area contributed by atoms with Crippen molar-refractivity contribution in [3.8, 4) is 0 Å². The van der Waals surface area contributed by atoms with Crippen molar-refractivity contribution in [2.75, 3.05) is 5.73 Å². The number of nitrogen functional groups attached to an aromatic ring is 1. The van der Waals surface area contributed by atoms with Gasteiger partial charge in [0.05, 0.1) is 17.1 Å². The van der Waals surface area contributed by atoms with E-state index in [4.69, 9.17) is 5.73 Å². The number of rotatable bonds is 4. The summed E-state index contributed by atoms with van der Waals surface area (Å²) in [5.74, 6) is -0.203. The molecule has 0 unspecified atom stereocenters. The first-order chi connectivity index (χ1) is 8.90. The monoisotopic (exact) mass is 285 g/mol. The third-order valence-corrected chi connectivity index (χ3v) is 3.90. The molecule has 0 spiro atoms. The van der Waals surface area contributed by atoms with E-state index in [2.05, 4.69) is 14.9 Å². The number of nitrogens with zero attached hydrogens (tertiary/aromatic N) is 3. The van der Waals surface area contributed by atoms with Crippen LogP contribution in [0.15, 0.2) is 29.4 Å². The number of halogens is 1. The van der Waals surface area contributed by atoms with E-state index >= 15 is 0 Å². The molecule has 1 aromatic heterocycles. The van der Waals surface area contributed by atoms with E-state index in [0.29, 0.717) is 5.82 Å². The van der Waals surface area contributed by atoms with E-state index in [0.717, 1.165) is 18.2 Å². The Morgan fingerprint density at radius 3 is 2.79 bits per heavy atom. The van der Waals surface area contributed by atoms with Gasteiger partial charge in [0, 0.05) is 7.05 Å². The molecule has 0 saturated carbocycles. The molecular formula is C10H12FN5O2S. The zero-order valence-electron chi connectivity index (χ0n) is 10.0. The third-order valence-electron chi connectivity index (χ3n) is 2.50. The molecule has 19 heavy (non-hydrogen) atoms. The number of nitrogens with one attached hydrogen (secondary N) is 1. The first kappa shape index (κ1) is 13.4. The molecule has 9 heteroatoms. The van der Waals surface area contributed by atoms with Crippen molar-refractivity contribution < 1.29 is 12.8 Å². The van der Waals surface area contributed by atoms with Crippen molar-refractivity contribution in [2.45, 2.75) is 11.4 Å². The molecule has 102 valence electrons. The minimum Gasteiger partial charge on any atom is -0.396 e. The van der Waals surface area contributed by atoms with Gasteiger partial charge in [0.15, 0.2) is 0 Å². The number of aromatic nitrogens is 3. The summed E-state index contributed by atoms with van der Waals surface area (Å²) in [7, 11) is -2.08. The topological polar surface area (TPSA) is 103 Å². The van der Waals surface area contributed by atoms with E-state index in [9.17, 15) is 12.8 Å². The highest BCUT2D eigenvalue weighted by Crippen LogP contribution is 2.16. The first-order valence-corrected chi connectivity index (χ1v) is 6.76. The van der Waals surface area contributed by atoms with E-state index in [1.807, 2.05) is 0 Å². The van der Waals surface area contributed by atoms with Gasteiger partial charge in [0.1, 0.15) is 18.0 Å². The maximum Gasteiger partial charge on any atom is 0.241 e. The molecule has 1 heterocycles. The molecule has 3 N–H and O–H groups in total. The lowest BCUT2D eigenvalue weighted by Gasteiger charge is -2.07. The largest absolute Gasteiger partial charge is 0.396 e. The summed E-state index contributed by atoms with van der Waals surface area (Å²) in [6.07, 6.45) is 1.46. The lowest BCUT2D eigenvalue weighted by atomic mass is 10.3. The van der Waals surface area contributed by atoms with E-state index < -0.39 is 15.8 Å². The van der Waals surface area contributed by atoms with Gasteiger partial charge in [-0.3, -0.25) is 0 Å². The average molecular weight is 285 g/mol. The van der Waals surface area contributed by atoms with Gasteiger partial charge in [0.2, 0.25) is 10.0 Å². The molecular weight excluding hydrogens is 273 g/mol. The van der Waals surface area contributed by atoms with Crippen molar-refractivity contribution in [3.63, 3.8) is 0 Å². The summed E-state index contributed by atoms with van der Waals surface area (Å²) < 4.78 is 40.8. The number of benzene rings is 1. The van der Waals surface area contributed by atoms with Crippen molar-refractivity contribution >= 4 is 15.7 Å². The summed E-state index contributed by atoms with van der Waals surface area (Å²) >= 11 is 0. The Labute approximate surface area is 109 Å². The smallest absolute Gasteiger partial charge is 0.241 e. The predicted molar refractivity (Wildman–Crippen MR) is 65.8 cm³/mol. The zero-order valence-corrected chi connectivity index (χ0v) is 10.9. The Kier molecular flexibility index (Phi) is 3.49. The van der Waals surface area contributed by atoms with Gasteiger partial charge >= 0.3 is 0 Å². The Morgan fingerprint density at radius 1 is 1.47 bits per heavy atom. The standard InChI is InChI=1S/C10H12FN5O2S/c1-16-6-13-15-10(16)5-14-19(17,18)7-2-3-8(11)9(12)4-7/h2-4,6,14H,5,12H2,1H3. The fourth-order valence-electron chi connectivity index (χ4n) is 1.40. The zero-order chi connectivity index (χ0) is 14.0. The minimum absolute atomic E-state index is 0.0177. The van der Waals surface area contributed by atoms with Crippen molar-refractivity contribution in [1.82, 2.24) is 19.5 Å². The lowest BCUT2D eigenvalue weighted by Crippen LogP contribution is -2.25. The molecule has 0 radical (unpaired) electrons. The normalized spacial score (nSPS) is 11.7. The highest BCUT2D eigenvalue weighted by molar-refractivity contribution is 7.89. The van der Waals surface area contributed by atoms with E-state index in [1.165, 1.54) is 6.33 Å². The number of hydrogen-bond acceptors (Lipinski definition) is 5. The van der Waals surface area contributed by atoms with Crippen molar-refractivity contribution in [2.24, 2.45) is 7.05 Å². The van der Waals surface area contributed by atoms with Crippen LogP contribution in [0.4, 0.5) is 10.1 Å². The molecule has 0 fully saturated rings. The van der Waals surface area contributed by atoms with Crippen LogP contribution in [0.5, 0.6) is 0 Å². The molecule has 0 amide bonds. The van der Waals surface area contributed by atoms with Gasteiger partial charge in [-0.1, -0.05) is 0 Å². The molecule has 0 aliphatic heterocycles. The molecule has 7 nitrogen and oxygen atoms in total. The number of hydrogen-bond donors (Lipinski definition) is 2. The number of nitrogens with two attached hydrogens (primary N) is 1. The summed E-state index contributed by atoms with van der Waals surface area (Å²) in [5.41, 5.74) is 5.12. The van der Waals surface area contributed by atoms with E-state index in [-0.39, 0.29) is 17.1 Å². The molecule has 0 atom stereocenters. The maximum absolute atomic E-state index is 13.0. The molecule has 0 saturated heterocycles. The quantitative estimate of drug-likeness (QED) is 0.771. The molecule has 2 aromatic rings. The number of sulfonamides is 1. The highest BCUT2D eigenvalue weighted by Gasteiger charge is 2.16. The maximum atomic E-state index is 13.0. The van der Waals surface area contributed by atoms with Crippen molar-refractivity contribution in [1.29, 1.82) is 0 Å². The molecule has 0 aliphatic carbocycles. The fourth-order valence-corrected chi connectivity index (χ4v) is 2.41.